The molecule has 1 aromatic heterocycles. The van der Waals surface area contributed by atoms with E-state index < -0.39 is 5.60 Å². The molecule has 0 aliphatic carbocycles. The Labute approximate surface area is 181 Å². The number of fused-ring (bicyclic) bond motifs is 1. The third-order valence-corrected chi connectivity index (χ3v) is 5.41. The zero-order valence-corrected chi connectivity index (χ0v) is 18.3. The zero-order valence-electron chi connectivity index (χ0n) is 18.3. The van der Waals surface area contributed by atoms with Crippen molar-refractivity contribution < 1.29 is 19.1 Å². The van der Waals surface area contributed by atoms with Crippen LogP contribution in [-0.4, -0.2) is 61.9 Å². The van der Waals surface area contributed by atoms with Gasteiger partial charge in [-0.25, -0.2) is 4.79 Å². The zero-order chi connectivity index (χ0) is 22.0. The monoisotopic (exact) mass is 427 g/mol. The van der Waals surface area contributed by atoms with Crippen LogP contribution in [0.15, 0.2) is 30.3 Å². The molecular weight excluding hydrogens is 398 g/mol. The van der Waals surface area contributed by atoms with E-state index in [1.165, 1.54) is 0 Å². The predicted molar refractivity (Wildman–Crippen MR) is 112 cm³/mol. The lowest BCUT2D eigenvalue weighted by molar-refractivity contribution is -0.134. The number of rotatable bonds is 4. The fourth-order valence-corrected chi connectivity index (χ4v) is 3.99. The number of aromatic nitrogens is 3. The average Bonchev–Trinajstić information content (AvgIpc) is 3.37. The van der Waals surface area contributed by atoms with Crippen molar-refractivity contribution in [3.63, 3.8) is 0 Å². The number of hydrogen-bond donors (Lipinski definition) is 0. The highest BCUT2D eigenvalue weighted by molar-refractivity contribution is 5.78. The van der Waals surface area contributed by atoms with E-state index in [0.717, 1.165) is 18.7 Å². The van der Waals surface area contributed by atoms with Gasteiger partial charge in [0.15, 0.2) is 18.3 Å². The number of amides is 2. The number of nitrogens with zero attached hydrogens (tertiary/aromatic N) is 5. The highest BCUT2D eigenvalue weighted by Gasteiger charge is 2.36. The van der Waals surface area contributed by atoms with Crippen molar-refractivity contribution in [1.82, 2.24) is 24.6 Å². The lowest BCUT2D eigenvalue weighted by Gasteiger charge is -2.31. The van der Waals surface area contributed by atoms with Gasteiger partial charge < -0.3 is 18.9 Å². The van der Waals surface area contributed by atoms with Gasteiger partial charge in [0.25, 0.3) is 5.91 Å². The van der Waals surface area contributed by atoms with Crippen LogP contribution in [-0.2, 0) is 22.6 Å². The highest BCUT2D eigenvalue weighted by Crippen LogP contribution is 2.32. The van der Waals surface area contributed by atoms with Crippen LogP contribution >= 0.6 is 0 Å². The average molecular weight is 428 g/mol. The Morgan fingerprint density at radius 3 is 2.61 bits per heavy atom. The van der Waals surface area contributed by atoms with Crippen molar-refractivity contribution in [2.75, 3.05) is 19.7 Å². The number of para-hydroxylation sites is 1. The number of carbonyl (C=O) groups excluding carboxylic acids is 2. The minimum absolute atomic E-state index is 0.00602. The van der Waals surface area contributed by atoms with Crippen LogP contribution in [0.25, 0.3) is 0 Å². The first-order chi connectivity index (χ1) is 14.8. The lowest BCUT2D eigenvalue weighted by Crippen LogP contribution is -2.42. The van der Waals surface area contributed by atoms with Crippen molar-refractivity contribution in [3.8, 4) is 5.75 Å². The molecule has 3 heterocycles. The molecule has 0 spiro atoms. The van der Waals surface area contributed by atoms with Crippen LogP contribution in [0.3, 0.4) is 0 Å². The fourth-order valence-electron chi connectivity index (χ4n) is 3.99. The van der Waals surface area contributed by atoms with Gasteiger partial charge in [-0.2, -0.15) is 0 Å². The maximum absolute atomic E-state index is 12.8. The molecule has 1 atom stereocenters. The summed E-state index contributed by atoms with van der Waals surface area (Å²) in [6.07, 6.45) is 1.40. The maximum Gasteiger partial charge on any atom is 0.410 e. The fraction of sp³-hybridized carbons (Fsp3) is 0.545. The van der Waals surface area contributed by atoms with Crippen LogP contribution in [0.2, 0.25) is 0 Å². The second kappa shape index (κ2) is 8.56. The molecule has 0 bridgehead atoms. The Balaban J connectivity index is 1.42. The Bertz CT molecular complexity index is 937. The molecule has 166 valence electrons. The molecule has 2 aliphatic rings. The molecule has 9 heteroatoms. The number of likely N-dealkylation sites (tertiary alicyclic amines) is 1. The summed E-state index contributed by atoms with van der Waals surface area (Å²) in [5.74, 6) is 2.11. The summed E-state index contributed by atoms with van der Waals surface area (Å²) in [6, 6.07) is 9.20. The minimum atomic E-state index is -0.542. The normalized spacial score (nSPS) is 18.6. The summed E-state index contributed by atoms with van der Waals surface area (Å²) in [5, 5.41) is 8.71. The predicted octanol–water partition coefficient (Wildman–Crippen LogP) is 2.77. The van der Waals surface area contributed by atoms with Crippen molar-refractivity contribution in [2.24, 2.45) is 0 Å². The van der Waals surface area contributed by atoms with E-state index in [1.807, 2.05) is 60.6 Å². The van der Waals surface area contributed by atoms with Crippen molar-refractivity contribution >= 4 is 12.0 Å². The van der Waals surface area contributed by atoms with Crippen LogP contribution in [0, 0.1) is 0 Å². The number of ether oxygens (including phenoxy) is 2. The first-order valence-electron chi connectivity index (χ1n) is 10.7. The molecule has 1 aromatic carbocycles. The van der Waals surface area contributed by atoms with Gasteiger partial charge in [-0.3, -0.25) is 9.69 Å². The quantitative estimate of drug-likeness (QED) is 0.745. The number of hydrogen-bond acceptors (Lipinski definition) is 6. The van der Waals surface area contributed by atoms with Crippen molar-refractivity contribution in [2.45, 2.75) is 58.3 Å². The first kappa shape index (κ1) is 21.1. The third-order valence-electron chi connectivity index (χ3n) is 5.41. The highest BCUT2D eigenvalue weighted by atomic mass is 16.6. The van der Waals surface area contributed by atoms with Gasteiger partial charge in [-0.05, 0) is 45.7 Å². The van der Waals surface area contributed by atoms with E-state index in [2.05, 4.69) is 10.2 Å². The third kappa shape index (κ3) is 4.81. The second-order valence-corrected chi connectivity index (χ2v) is 8.87. The van der Waals surface area contributed by atoms with Gasteiger partial charge in [0, 0.05) is 19.6 Å². The molecule has 2 amide bonds. The van der Waals surface area contributed by atoms with Gasteiger partial charge in [-0.1, -0.05) is 18.2 Å². The summed E-state index contributed by atoms with van der Waals surface area (Å²) in [5.41, 5.74) is -0.542. The van der Waals surface area contributed by atoms with E-state index in [9.17, 15) is 9.59 Å². The Morgan fingerprint density at radius 1 is 1.10 bits per heavy atom. The summed E-state index contributed by atoms with van der Waals surface area (Å²) in [4.78, 5) is 28.7. The van der Waals surface area contributed by atoms with Crippen LogP contribution in [0.5, 0.6) is 5.75 Å². The molecule has 31 heavy (non-hydrogen) atoms. The molecule has 2 aromatic rings. The van der Waals surface area contributed by atoms with Crippen LogP contribution in [0.1, 0.15) is 51.3 Å². The van der Waals surface area contributed by atoms with Gasteiger partial charge >= 0.3 is 6.09 Å². The summed E-state index contributed by atoms with van der Waals surface area (Å²) in [7, 11) is 0. The Hall–Kier alpha value is -3.10. The van der Waals surface area contributed by atoms with E-state index in [0.29, 0.717) is 37.8 Å². The van der Waals surface area contributed by atoms with E-state index in [-0.39, 0.29) is 24.6 Å². The summed E-state index contributed by atoms with van der Waals surface area (Å²) < 4.78 is 13.2. The van der Waals surface area contributed by atoms with Crippen molar-refractivity contribution in [1.29, 1.82) is 0 Å². The smallest absolute Gasteiger partial charge is 0.410 e. The lowest BCUT2D eigenvalue weighted by atomic mass is 10.2. The van der Waals surface area contributed by atoms with Gasteiger partial charge in [0.05, 0.1) is 12.6 Å². The van der Waals surface area contributed by atoms with Gasteiger partial charge in [0.2, 0.25) is 0 Å². The molecule has 0 saturated carbocycles. The number of benzene rings is 1. The van der Waals surface area contributed by atoms with Gasteiger partial charge in [0.1, 0.15) is 11.4 Å². The maximum atomic E-state index is 12.8. The molecule has 0 unspecified atom stereocenters. The molecule has 0 radical (unpaired) electrons. The van der Waals surface area contributed by atoms with Crippen LogP contribution < -0.4 is 4.74 Å². The van der Waals surface area contributed by atoms with Gasteiger partial charge in [-0.15, -0.1) is 10.2 Å². The molecule has 9 nitrogen and oxygen atoms in total. The first-order valence-corrected chi connectivity index (χ1v) is 10.7. The summed E-state index contributed by atoms with van der Waals surface area (Å²) in [6.45, 7) is 7.66. The van der Waals surface area contributed by atoms with E-state index in [1.54, 1.807) is 4.90 Å². The topological polar surface area (TPSA) is 89.8 Å². The van der Waals surface area contributed by atoms with E-state index in [4.69, 9.17) is 9.47 Å². The largest absolute Gasteiger partial charge is 0.484 e. The Morgan fingerprint density at radius 2 is 1.87 bits per heavy atom. The second-order valence-electron chi connectivity index (χ2n) is 8.87. The molecular formula is C22H29N5O4. The van der Waals surface area contributed by atoms with E-state index >= 15 is 0 Å². The number of carbonyl (C=O) groups is 2. The molecule has 4 rings (SSSR count). The molecule has 1 saturated heterocycles. The minimum Gasteiger partial charge on any atom is -0.484 e. The van der Waals surface area contributed by atoms with Crippen molar-refractivity contribution in [3.05, 3.63) is 42.0 Å². The van der Waals surface area contributed by atoms with Crippen LogP contribution in [0.4, 0.5) is 4.79 Å². The molecule has 1 fully saturated rings. The SMILES string of the molecule is CC(C)(C)OC(=O)N1CCn2c(nnc2[C@H]2CCCN2C(=O)COc2ccccc2)C1. The Kier molecular flexibility index (Phi) is 5.84. The summed E-state index contributed by atoms with van der Waals surface area (Å²) >= 11 is 0. The molecule has 2 aliphatic heterocycles. The molecule has 0 N–H and O–H groups in total. The standard InChI is InChI=1S/C22H29N5O4/c1-22(2,3)31-21(29)25-12-13-27-18(14-25)23-24-20(27)17-10-7-11-26(17)19(28)15-30-16-8-5-4-6-9-16/h4-6,8-9,17H,7,10-15H2,1-3H3/t17-/m1/s1.